The molecule has 0 bridgehead atoms. The van der Waals surface area contributed by atoms with Crippen molar-refractivity contribution in [2.75, 3.05) is 20.1 Å². The Morgan fingerprint density at radius 2 is 1.77 bits per heavy atom. The number of nitrogens with one attached hydrogen (secondary N) is 2. The Hall–Kier alpha value is -2.82. The van der Waals surface area contributed by atoms with Crippen molar-refractivity contribution < 1.29 is 4.79 Å². The van der Waals surface area contributed by atoms with Crippen LogP contribution in [0.4, 0.5) is 0 Å². The van der Waals surface area contributed by atoms with Crippen LogP contribution in [-0.2, 0) is 29.7 Å². The first kappa shape index (κ1) is 22.9. The first-order valence-electron chi connectivity index (χ1n) is 11.3. The zero-order valence-electron chi connectivity index (χ0n) is 19.4. The fourth-order valence-electron chi connectivity index (χ4n) is 3.96. The molecule has 5 heteroatoms. The molecule has 3 rings (SSSR count). The molecule has 0 aromatic heterocycles. The average Bonchev–Trinajstić information content (AvgIpc) is 3.19. The van der Waals surface area contributed by atoms with Gasteiger partial charge in [-0.1, -0.05) is 69.3 Å². The number of hydrogen-bond donors (Lipinski definition) is 2. The smallest absolute Gasteiger partial charge is 0.222 e. The number of likely N-dealkylation sites (tertiary alicyclic amines) is 1. The van der Waals surface area contributed by atoms with E-state index in [9.17, 15) is 4.79 Å². The summed E-state index contributed by atoms with van der Waals surface area (Å²) in [4.78, 5) is 18.4. The van der Waals surface area contributed by atoms with Crippen LogP contribution in [0, 0.1) is 0 Å². The van der Waals surface area contributed by atoms with E-state index in [0.29, 0.717) is 19.5 Å². The summed E-state index contributed by atoms with van der Waals surface area (Å²) in [5.74, 6) is 1.04. The number of aryl methyl sites for hydroxylation is 1. The largest absolute Gasteiger partial charge is 0.356 e. The van der Waals surface area contributed by atoms with Gasteiger partial charge in [0.25, 0.3) is 0 Å². The van der Waals surface area contributed by atoms with Gasteiger partial charge in [0.2, 0.25) is 5.91 Å². The summed E-state index contributed by atoms with van der Waals surface area (Å²) in [7, 11) is 1.80. The van der Waals surface area contributed by atoms with Gasteiger partial charge in [-0.25, -0.2) is 0 Å². The highest BCUT2D eigenvalue weighted by Gasteiger charge is 2.22. The Balaban J connectivity index is 1.57. The Morgan fingerprint density at radius 1 is 1.06 bits per heavy atom. The summed E-state index contributed by atoms with van der Waals surface area (Å²) in [6.45, 7) is 9.67. The van der Waals surface area contributed by atoms with Crippen LogP contribution in [0.2, 0.25) is 0 Å². The van der Waals surface area contributed by atoms with Gasteiger partial charge in [0.15, 0.2) is 5.96 Å². The van der Waals surface area contributed by atoms with E-state index in [2.05, 4.69) is 72.8 Å². The number of guanidine groups is 1. The Labute approximate surface area is 187 Å². The lowest BCUT2D eigenvalue weighted by Gasteiger charge is -2.27. The topological polar surface area (TPSA) is 56.7 Å². The first-order valence-corrected chi connectivity index (χ1v) is 11.3. The molecule has 0 unspecified atom stereocenters. The van der Waals surface area contributed by atoms with Crippen molar-refractivity contribution in [1.82, 2.24) is 15.5 Å². The van der Waals surface area contributed by atoms with Crippen molar-refractivity contribution >= 4 is 11.9 Å². The lowest BCUT2D eigenvalue weighted by atomic mass is 9.84. The number of hydrogen-bond acceptors (Lipinski definition) is 2. The third kappa shape index (κ3) is 6.09. The molecule has 2 aromatic carbocycles. The molecule has 0 aliphatic carbocycles. The summed E-state index contributed by atoms with van der Waals surface area (Å²) >= 11 is 0. The summed E-state index contributed by atoms with van der Waals surface area (Å²) < 4.78 is 0. The molecule has 0 atom stereocenters. The van der Waals surface area contributed by atoms with E-state index in [1.807, 2.05) is 17.0 Å². The van der Waals surface area contributed by atoms with Crippen LogP contribution in [-0.4, -0.2) is 36.9 Å². The maximum absolute atomic E-state index is 12.0. The number of rotatable bonds is 8. The third-order valence-corrected chi connectivity index (χ3v) is 6.16. The fraction of sp³-hybridized carbons (Fsp3) is 0.462. The minimum absolute atomic E-state index is 0.0160. The molecule has 0 radical (unpaired) electrons. The number of benzene rings is 2. The van der Waals surface area contributed by atoms with E-state index in [1.54, 1.807) is 7.05 Å². The maximum atomic E-state index is 12.0. The normalized spacial score (nSPS) is 14.8. The lowest BCUT2D eigenvalue weighted by molar-refractivity contribution is -0.128. The Bertz CT molecular complexity index is 902. The molecule has 1 saturated heterocycles. The Kier molecular flexibility index (Phi) is 7.72. The van der Waals surface area contributed by atoms with Gasteiger partial charge in [-0.15, -0.1) is 0 Å². The molecule has 0 saturated carbocycles. The van der Waals surface area contributed by atoms with Gasteiger partial charge >= 0.3 is 0 Å². The minimum Gasteiger partial charge on any atom is -0.356 e. The zero-order chi connectivity index (χ0) is 22.3. The standard InChI is InChI=1S/C26H36N4O/c1-5-20-12-14-23(15-13-20)26(2,3)19-29-25(27-4)28-17-21-9-6-7-10-22(21)18-30-16-8-11-24(30)31/h6-7,9-10,12-15H,5,8,11,16-19H2,1-4H3,(H2,27,28,29). The molecule has 2 N–H and O–H groups in total. The van der Waals surface area contributed by atoms with Crippen molar-refractivity contribution in [3.05, 3.63) is 70.8 Å². The van der Waals surface area contributed by atoms with Crippen molar-refractivity contribution in [3.63, 3.8) is 0 Å². The molecule has 1 aliphatic rings. The quantitative estimate of drug-likeness (QED) is 0.501. The van der Waals surface area contributed by atoms with E-state index < -0.39 is 0 Å². The summed E-state index contributed by atoms with van der Waals surface area (Å²) in [5.41, 5.74) is 5.04. The number of carbonyl (C=O) groups is 1. The predicted octanol–water partition coefficient (Wildman–Crippen LogP) is 4.01. The second-order valence-corrected chi connectivity index (χ2v) is 8.90. The summed E-state index contributed by atoms with van der Waals surface area (Å²) in [6, 6.07) is 17.2. The molecular formula is C26H36N4O. The third-order valence-electron chi connectivity index (χ3n) is 6.16. The maximum Gasteiger partial charge on any atom is 0.222 e. The van der Waals surface area contributed by atoms with Gasteiger partial charge in [0.05, 0.1) is 0 Å². The van der Waals surface area contributed by atoms with Crippen LogP contribution in [0.5, 0.6) is 0 Å². The average molecular weight is 421 g/mol. The lowest BCUT2D eigenvalue weighted by Crippen LogP contribution is -2.43. The predicted molar refractivity (Wildman–Crippen MR) is 128 cm³/mol. The van der Waals surface area contributed by atoms with Gasteiger partial charge in [-0.05, 0) is 35.1 Å². The van der Waals surface area contributed by atoms with Crippen LogP contribution in [0.3, 0.4) is 0 Å². The number of amides is 1. The molecule has 1 heterocycles. The molecule has 166 valence electrons. The molecule has 1 aliphatic heterocycles. The fourth-order valence-corrected chi connectivity index (χ4v) is 3.96. The van der Waals surface area contributed by atoms with Crippen LogP contribution in [0.1, 0.15) is 55.9 Å². The van der Waals surface area contributed by atoms with E-state index in [-0.39, 0.29) is 11.3 Å². The van der Waals surface area contributed by atoms with Crippen molar-refractivity contribution in [3.8, 4) is 0 Å². The molecule has 1 amide bonds. The van der Waals surface area contributed by atoms with Gasteiger partial charge < -0.3 is 15.5 Å². The van der Waals surface area contributed by atoms with Crippen LogP contribution in [0.15, 0.2) is 53.5 Å². The van der Waals surface area contributed by atoms with Gasteiger partial charge in [0, 0.05) is 45.1 Å². The number of aliphatic imine (C=N–C) groups is 1. The molecular weight excluding hydrogens is 384 g/mol. The van der Waals surface area contributed by atoms with E-state index in [4.69, 9.17) is 0 Å². The van der Waals surface area contributed by atoms with Crippen molar-refractivity contribution in [2.45, 2.75) is 58.5 Å². The van der Waals surface area contributed by atoms with Crippen LogP contribution >= 0.6 is 0 Å². The van der Waals surface area contributed by atoms with E-state index >= 15 is 0 Å². The zero-order valence-corrected chi connectivity index (χ0v) is 19.4. The van der Waals surface area contributed by atoms with E-state index in [0.717, 1.165) is 31.9 Å². The van der Waals surface area contributed by atoms with Crippen molar-refractivity contribution in [1.29, 1.82) is 0 Å². The van der Waals surface area contributed by atoms with Gasteiger partial charge in [-0.2, -0.15) is 0 Å². The van der Waals surface area contributed by atoms with Crippen LogP contribution in [0.25, 0.3) is 0 Å². The van der Waals surface area contributed by atoms with Gasteiger partial charge in [-0.3, -0.25) is 9.79 Å². The molecule has 31 heavy (non-hydrogen) atoms. The molecule has 0 spiro atoms. The number of nitrogens with zero attached hydrogens (tertiary/aromatic N) is 2. The molecule has 5 nitrogen and oxygen atoms in total. The first-order chi connectivity index (χ1) is 14.9. The summed E-state index contributed by atoms with van der Waals surface area (Å²) in [5, 5.41) is 6.92. The van der Waals surface area contributed by atoms with E-state index in [1.165, 1.54) is 22.3 Å². The highest BCUT2D eigenvalue weighted by molar-refractivity contribution is 5.80. The van der Waals surface area contributed by atoms with Gasteiger partial charge in [0.1, 0.15) is 0 Å². The second-order valence-electron chi connectivity index (χ2n) is 8.90. The molecule has 1 fully saturated rings. The summed E-state index contributed by atoms with van der Waals surface area (Å²) in [6.07, 6.45) is 2.70. The van der Waals surface area contributed by atoms with Crippen molar-refractivity contribution in [2.24, 2.45) is 4.99 Å². The highest BCUT2D eigenvalue weighted by atomic mass is 16.2. The highest BCUT2D eigenvalue weighted by Crippen LogP contribution is 2.23. The monoisotopic (exact) mass is 420 g/mol. The SMILES string of the molecule is CCc1ccc(C(C)(C)CNC(=NC)NCc2ccccc2CN2CCCC2=O)cc1. The Morgan fingerprint density at radius 3 is 2.39 bits per heavy atom. The molecule has 2 aromatic rings. The number of carbonyl (C=O) groups excluding carboxylic acids is 1. The minimum atomic E-state index is -0.0160. The second kappa shape index (κ2) is 10.5. The van der Waals surface area contributed by atoms with Crippen LogP contribution < -0.4 is 10.6 Å².